The smallest absolute Gasteiger partial charge is 0.282 e. The summed E-state index contributed by atoms with van der Waals surface area (Å²) >= 11 is 1.50. The number of benzene rings is 1. The minimum absolute atomic E-state index is 0.00103. The van der Waals surface area contributed by atoms with Crippen molar-refractivity contribution >= 4 is 37.5 Å². The Hall–Kier alpha value is -1.48. The van der Waals surface area contributed by atoms with Gasteiger partial charge in [0.2, 0.25) is 0 Å². The molecule has 1 saturated heterocycles. The number of hydrogen-bond donors (Lipinski definition) is 0. The molecule has 2 heterocycles. The van der Waals surface area contributed by atoms with Crippen LogP contribution >= 0.6 is 11.3 Å². The predicted octanol–water partition coefficient (Wildman–Crippen LogP) is 3.17. The second kappa shape index (κ2) is 8.10. The molecule has 1 amide bonds. The normalized spacial score (nSPS) is 20.1. The molecular formula is C20H27N3O3S2. The summed E-state index contributed by atoms with van der Waals surface area (Å²) in [7, 11) is -1.76. The van der Waals surface area contributed by atoms with Gasteiger partial charge in [0.05, 0.1) is 4.88 Å². The Morgan fingerprint density at radius 1 is 1.07 bits per heavy atom. The van der Waals surface area contributed by atoms with E-state index in [4.69, 9.17) is 0 Å². The van der Waals surface area contributed by atoms with Crippen LogP contribution in [0.1, 0.15) is 41.8 Å². The third kappa shape index (κ3) is 3.83. The van der Waals surface area contributed by atoms with Crippen LogP contribution in [0.5, 0.6) is 0 Å². The molecule has 2 aromatic rings. The van der Waals surface area contributed by atoms with Crippen molar-refractivity contribution < 1.29 is 13.2 Å². The number of carbonyl (C=O) groups is 1. The summed E-state index contributed by atoms with van der Waals surface area (Å²) in [4.78, 5) is 15.4. The van der Waals surface area contributed by atoms with Crippen molar-refractivity contribution in [2.24, 2.45) is 0 Å². The van der Waals surface area contributed by atoms with Crippen molar-refractivity contribution in [1.29, 1.82) is 0 Å². The van der Waals surface area contributed by atoms with E-state index in [1.165, 1.54) is 22.1 Å². The van der Waals surface area contributed by atoms with E-state index in [1.54, 1.807) is 16.3 Å². The average Bonchev–Trinajstić information content (AvgIpc) is 3.17. The zero-order valence-electron chi connectivity index (χ0n) is 16.2. The van der Waals surface area contributed by atoms with Crippen LogP contribution in [0, 0.1) is 0 Å². The molecule has 4 rings (SSSR count). The van der Waals surface area contributed by atoms with Gasteiger partial charge in [0.1, 0.15) is 0 Å². The number of rotatable bonds is 4. The van der Waals surface area contributed by atoms with E-state index in [1.807, 2.05) is 30.3 Å². The Labute approximate surface area is 170 Å². The lowest BCUT2D eigenvalue weighted by Gasteiger charge is -2.38. The quantitative estimate of drug-likeness (QED) is 0.762. The fourth-order valence-electron chi connectivity index (χ4n) is 4.18. The molecule has 1 aliphatic carbocycles. The van der Waals surface area contributed by atoms with Crippen molar-refractivity contribution in [2.75, 3.05) is 33.2 Å². The Balaban J connectivity index is 1.40. The first kappa shape index (κ1) is 19.8. The van der Waals surface area contributed by atoms with Gasteiger partial charge >= 0.3 is 0 Å². The first-order valence-electron chi connectivity index (χ1n) is 9.98. The molecule has 28 heavy (non-hydrogen) atoms. The first-order chi connectivity index (χ1) is 13.5. The number of piperazine rings is 1. The van der Waals surface area contributed by atoms with Crippen LogP contribution in [0.2, 0.25) is 0 Å². The molecule has 0 N–H and O–H groups in total. The Morgan fingerprint density at radius 2 is 1.75 bits per heavy atom. The molecule has 1 saturated carbocycles. The highest BCUT2D eigenvalue weighted by molar-refractivity contribution is 7.86. The maximum Gasteiger partial charge on any atom is 0.282 e. The maximum atomic E-state index is 13.0. The largest absolute Gasteiger partial charge is 0.335 e. The van der Waals surface area contributed by atoms with Crippen LogP contribution < -0.4 is 0 Å². The van der Waals surface area contributed by atoms with Gasteiger partial charge in [-0.15, -0.1) is 11.3 Å². The summed E-state index contributed by atoms with van der Waals surface area (Å²) in [5, 5.41) is 1.08. The van der Waals surface area contributed by atoms with E-state index in [2.05, 4.69) is 0 Å². The lowest BCUT2D eigenvalue weighted by molar-refractivity contribution is 0.0698. The zero-order valence-corrected chi connectivity index (χ0v) is 17.8. The predicted molar refractivity (Wildman–Crippen MR) is 113 cm³/mol. The second-order valence-corrected chi connectivity index (χ2v) is 10.7. The molecule has 0 radical (unpaired) electrons. The Kier molecular flexibility index (Phi) is 5.73. The number of fused-ring (bicyclic) bond motifs is 1. The number of hydrogen-bond acceptors (Lipinski definition) is 4. The van der Waals surface area contributed by atoms with E-state index in [-0.39, 0.29) is 11.9 Å². The highest BCUT2D eigenvalue weighted by atomic mass is 32.2. The van der Waals surface area contributed by atoms with Gasteiger partial charge in [-0.25, -0.2) is 0 Å². The number of thiophene rings is 1. The van der Waals surface area contributed by atoms with Crippen molar-refractivity contribution in [3.8, 4) is 0 Å². The van der Waals surface area contributed by atoms with Crippen LogP contribution in [0.3, 0.4) is 0 Å². The van der Waals surface area contributed by atoms with Gasteiger partial charge in [-0.2, -0.15) is 17.0 Å². The summed E-state index contributed by atoms with van der Waals surface area (Å²) < 4.78 is 30.2. The third-order valence-corrected chi connectivity index (χ3v) is 9.09. The molecule has 2 aliphatic rings. The Morgan fingerprint density at radius 3 is 2.43 bits per heavy atom. The van der Waals surface area contributed by atoms with E-state index in [0.717, 1.165) is 40.6 Å². The molecule has 1 aromatic heterocycles. The zero-order chi connectivity index (χ0) is 19.7. The van der Waals surface area contributed by atoms with E-state index < -0.39 is 10.2 Å². The van der Waals surface area contributed by atoms with Crippen LogP contribution in [0.25, 0.3) is 10.1 Å². The van der Waals surface area contributed by atoms with Gasteiger partial charge in [0.15, 0.2) is 0 Å². The molecule has 6 nitrogen and oxygen atoms in total. The van der Waals surface area contributed by atoms with Gasteiger partial charge in [0.25, 0.3) is 16.1 Å². The SMILES string of the molecule is CN(C1CCCCC1)S(=O)(=O)N1CCN(C(=O)c2cc3ccccc3s2)CC1. The number of nitrogens with zero attached hydrogens (tertiary/aromatic N) is 3. The minimum atomic E-state index is -3.46. The fourth-order valence-corrected chi connectivity index (χ4v) is 6.79. The lowest BCUT2D eigenvalue weighted by atomic mass is 9.96. The molecule has 0 spiro atoms. The van der Waals surface area contributed by atoms with Crippen molar-refractivity contribution in [1.82, 2.24) is 13.5 Å². The van der Waals surface area contributed by atoms with E-state index >= 15 is 0 Å². The highest BCUT2D eigenvalue weighted by Crippen LogP contribution is 2.28. The van der Waals surface area contributed by atoms with Gasteiger partial charge < -0.3 is 4.90 Å². The topological polar surface area (TPSA) is 60.9 Å². The average molecular weight is 422 g/mol. The van der Waals surface area contributed by atoms with Gasteiger partial charge in [-0.05, 0) is 30.4 Å². The first-order valence-corrected chi connectivity index (χ1v) is 12.2. The van der Waals surface area contributed by atoms with E-state index in [9.17, 15) is 13.2 Å². The summed E-state index contributed by atoms with van der Waals surface area (Å²) in [5.41, 5.74) is 0. The van der Waals surface area contributed by atoms with Crippen LogP contribution in [0.4, 0.5) is 0 Å². The molecule has 0 atom stereocenters. The van der Waals surface area contributed by atoms with Crippen molar-refractivity contribution in [3.05, 3.63) is 35.2 Å². The van der Waals surface area contributed by atoms with Gasteiger partial charge in [-0.3, -0.25) is 4.79 Å². The Bertz CT molecular complexity index is 910. The van der Waals surface area contributed by atoms with Crippen LogP contribution in [-0.2, 0) is 10.2 Å². The van der Waals surface area contributed by atoms with Crippen LogP contribution in [0.15, 0.2) is 30.3 Å². The van der Waals surface area contributed by atoms with Crippen LogP contribution in [-0.4, -0.2) is 67.1 Å². The summed E-state index contributed by atoms with van der Waals surface area (Å²) in [5.74, 6) is -0.00103. The van der Waals surface area contributed by atoms with E-state index in [0.29, 0.717) is 26.2 Å². The highest BCUT2D eigenvalue weighted by Gasteiger charge is 2.35. The summed E-state index contributed by atoms with van der Waals surface area (Å²) in [6.45, 7) is 1.59. The van der Waals surface area contributed by atoms with Crippen molar-refractivity contribution in [2.45, 2.75) is 38.1 Å². The molecule has 152 valence electrons. The molecular weight excluding hydrogens is 394 g/mol. The lowest BCUT2D eigenvalue weighted by Crippen LogP contribution is -2.55. The van der Waals surface area contributed by atoms with Crippen molar-refractivity contribution in [3.63, 3.8) is 0 Å². The maximum absolute atomic E-state index is 13.0. The molecule has 1 aliphatic heterocycles. The molecule has 0 unspecified atom stereocenters. The molecule has 1 aromatic carbocycles. The molecule has 2 fully saturated rings. The standard InChI is InChI=1S/C20H27N3O3S2/c1-21(17-8-3-2-4-9-17)28(25,26)23-13-11-22(12-14-23)20(24)19-15-16-7-5-6-10-18(16)27-19/h5-7,10,15,17H,2-4,8-9,11-14H2,1H3. The fraction of sp³-hybridized carbons (Fsp3) is 0.550. The minimum Gasteiger partial charge on any atom is -0.335 e. The summed E-state index contributed by atoms with van der Waals surface area (Å²) in [6, 6.07) is 10.0. The summed E-state index contributed by atoms with van der Waals surface area (Å²) in [6.07, 6.45) is 5.28. The molecule has 0 bridgehead atoms. The monoisotopic (exact) mass is 421 g/mol. The van der Waals surface area contributed by atoms with Gasteiger partial charge in [-0.1, -0.05) is 37.5 Å². The third-order valence-electron chi connectivity index (χ3n) is 5.94. The van der Waals surface area contributed by atoms with Gasteiger partial charge in [0, 0.05) is 44.0 Å². The molecule has 8 heteroatoms. The number of carbonyl (C=O) groups excluding carboxylic acids is 1. The second-order valence-electron chi connectivity index (χ2n) is 7.66. The number of amides is 1.